The van der Waals surface area contributed by atoms with E-state index in [-0.39, 0.29) is 11.8 Å². The fourth-order valence-corrected chi connectivity index (χ4v) is 3.64. The van der Waals surface area contributed by atoms with Crippen molar-refractivity contribution in [3.05, 3.63) is 59.9 Å². The third-order valence-corrected chi connectivity index (χ3v) is 5.10. The van der Waals surface area contributed by atoms with Crippen molar-refractivity contribution in [1.82, 2.24) is 19.2 Å². The highest BCUT2D eigenvalue weighted by Gasteiger charge is 2.24. The Bertz CT molecular complexity index is 1000. The maximum atomic E-state index is 13.0. The van der Waals surface area contributed by atoms with Crippen LogP contribution in [0, 0.1) is 6.92 Å². The summed E-state index contributed by atoms with van der Waals surface area (Å²) in [5.74, 6) is 0.0513. The highest BCUT2D eigenvalue weighted by Crippen LogP contribution is 2.25. The standard InChI is InChI=1S/C21H22N4O2/c1-15-20(17-6-4-3-5-7-17)25-14-18(8-9-19(25)22-15)21(27)24-12-10-23(11-13-24)16(2)26/h3-9,14H,10-13H2,1-2H3. The zero-order valence-corrected chi connectivity index (χ0v) is 15.6. The molecule has 0 radical (unpaired) electrons. The van der Waals surface area contributed by atoms with Crippen LogP contribution in [0.2, 0.25) is 0 Å². The van der Waals surface area contributed by atoms with E-state index in [4.69, 9.17) is 0 Å². The van der Waals surface area contributed by atoms with Crippen molar-refractivity contribution >= 4 is 17.5 Å². The molecule has 0 bridgehead atoms. The summed E-state index contributed by atoms with van der Waals surface area (Å²) in [6.45, 7) is 5.84. The molecule has 1 fully saturated rings. The van der Waals surface area contributed by atoms with Gasteiger partial charge in [-0.2, -0.15) is 0 Å². The van der Waals surface area contributed by atoms with Crippen molar-refractivity contribution in [2.24, 2.45) is 0 Å². The van der Waals surface area contributed by atoms with Gasteiger partial charge < -0.3 is 9.80 Å². The molecule has 0 spiro atoms. The van der Waals surface area contributed by atoms with E-state index in [1.54, 1.807) is 11.8 Å². The van der Waals surface area contributed by atoms with Gasteiger partial charge in [0.2, 0.25) is 5.91 Å². The smallest absolute Gasteiger partial charge is 0.255 e. The molecule has 1 aromatic carbocycles. The number of aromatic nitrogens is 2. The molecule has 138 valence electrons. The Morgan fingerprint density at radius 3 is 2.26 bits per heavy atom. The fraction of sp³-hybridized carbons (Fsp3) is 0.286. The summed E-state index contributed by atoms with van der Waals surface area (Å²) >= 11 is 0. The first-order chi connectivity index (χ1) is 13.0. The van der Waals surface area contributed by atoms with Gasteiger partial charge in [0.15, 0.2) is 0 Å². The van der Waals surface area contributed by atoms with Gasteiger partial charge in [-0.15, -0.1) is 0 Å². The molecule has 0 saturated carbocycles. The second-order valence-electron chi connectivity index (χ2n) is 6.86. The van der Waals surface area contributed by atoms with E-state index in [0.29, 0.717) is 31.7 Å². The summed E-state index contributed by atoms with van der Waals surface area (Å²) in [6, 6.07) is 13.8. The van der Waals surface area contributed by atoms with Gasteiger partial charge in [0.1, 0.15) is 5.65 Å². The molecule has 6 nitrogen and oxygen atoms in total. The summed E-state index contributed by atoms with van der Waals surface area (Å²) in [4.78, 5) is 32.7. The monoisotopic (exact) mass is 362 g/mol. The molecule has 0 N–H and O–H groups in total. The molecule has 2 aromatic heterocycles. The van der Waals surface area contributed by atoms with Crippen molar-refractivity contribution in [3.8, 4) is 11.3 Å². The molecule has 6 heteroatoms. The summed E-state index contributed by atoms with van der Waals surface area (Å²) in [5.41, 5.74) is 4.46. The van der Waals surface area contributed by atoms with Gasteiger partial charge in [0.25, 0.3) is 5.91 Å². The van der Waals surface area contributed by atoms with E-state index in [2.05, 4.69) is 4.98 Å². The second kappa shape index (κ2) is 6.87. The molecule has 2 amide bonds. The quantitative estimate of drug-likeness (QED) is 0.704. The van der Waals surface area contributed by atoms with E-state index in [0.717, 1.165) is 22.6 Å². The predicted octanol–water partition coefficient (Wildman–Crippen LogP) is 2.61. The van der Waals surface area contributed by atoms with Gasteiger partial charge in [-0.25, -0.2) is 4.98 Å². The first kappa shape index (κ1) is 17.3. The molecule has 1 aliphatic rings. The first-order valence-electron chi connectivity index (χ1n) is 9.13. The van der Waals surface area contributed by atoms with Crippen LogP contribution < -0.4 is 0 Å². The van der Waals surface area contributed by atoms with Gasteiger partial charge in [0, 0.05) is 44.9 Å². The van der Waals surface area contributed by atoms with Crippen LogP contribution in [0.4, 0.5) is 0 Å². The van der Waals surface area contributed by atoms with E-state index in [1.165, 1.54) is 0 Å². The maximum Gasteiger partial charge on any atom is 0.255 e. The lowest BCUT2D eigenvalue weighted by Gasteiger charge is -2.34. The number of carbonyl (C=O) groups is 2. The maximum absolute atomic E-state index is 13.0. The molecule has 3 aromatic rings. The predicted molar refractivity (Wildman–Crippen MR) is 104 cm³/mol. The van der Waals surface area contributed by atoms with Crippen molar-refractivity contribution in [1.29, 1.82) is 0 Å². The number of pyridine rings is 1. The molecule has 4 rings (SSSR count). The Labute approximate surface area is 158 Å². The normalized spacial score (nSPS) is 14.6. The summed E-state index contributed by atoms with van der Waals surface area (Å²) in [7, 11) is 0. The lowest BCUT2D eigenvalue weighted by Crippen LogP contribution is -2.50. The number of imidazole rings is 1. The number of fused-ring (bicyclic) bond motifs is 1. The molecule has 3 heterocycles. The number of carbonyl (C=O) groups excluding carboxylic acids is 2. The van der Waals surface area contributed by atoms with Gasteiger partial charge in [0.05, 0.1) is 17.0 Å². The van der Waals surface area contributed by atoms with Gasteiger partial charge in [-0.3, -0.25) is 14.0 Å². The van der Waals surface area contributed by atoms with Crippen LogP contribution >= 0.6 is 0 Å². The fourth-order valence-electron chi connectivity index (χ4n) is 3.64. The van der Waals surface area contributed by atoms with Crippen LogP contribution in [0.5, 0.6) is 0 Å². The zero-order valence-electron chi connectivity index (χ0n) is 15.6. The van der Waals surface area contributed by atoms with Gasteiger partial charge >= 0.3 is 0 Å². The molecule has 27 heavy (non-hydrogen) atoms. The molecular weight excluding hydrogens is 340 g/mol. The van der Waals surface area contributed by atoms with Crippen LogP contribution in [0.15, 0.2) is 48.7 Å². The zero-order chi connectivity index (χ0) is 19.0. The van der Waals surface area contributed by atoms with E-state index < -0.39 is 0 Å². The number of nitrogens with zero attached hydrogens (tertiary/aromatic N) is 4. The summed E-state index contributed by atoms with van der Waals surface area (Å²) in [6.07, 6.45) is 1.87. The Morgan fingerprint density at radius 1 is 0.926 bits per heavy atom. The van der Waals surface area contributed by atoms with Crippen molar-refractivity contribution in [2.45, 2.75) is 13.8 Å². The highest BCUT2D eigenvalue weighted by molar-refractivity contribution is 5.94. The molecule has 0 aliphatic carbocycles. The average Bonchev–Trinajstić information content (AvgIpc) is 3.03. The first-order valence-corrected chi connectivity index (χ1v) is 9.13. The summed E-state index contributed by atoms with van der Waals surface area (Å²) < 4.78 is 1.99. The summed E-state index contributed by atoms with van der Waals surface area (Å²) in [5, 5.41) is 0. The Balaban J connectivity index is 1.66. The average molecular weight is 362 g/mol. The van der Waals surface area contributed by atoms with Crippen LogP contribution in [0.25, 0.3) is 16.9 Å². The second-order valence-corrected chi connectivity index (χ2v) is 6.86. The lowest BCUT2D eigenvalue weighted by atomic mass is 10.1. The van der Waals surface area contributed by atoms with Crippen LogP contribution in [0.3, 0.4) is 0 Å². The Kier molecular flexibility index (Phi) is 4.39. The lowest BCUT2D eigenvalue weighted by molar-refractivity contribution is -0.130. The number of rotatable bonds is 2. The minimum Gasteiger partial charge on any atom is -0.339 e. The molecule has 1 aliphatic heterocycles. The van der Waals surface area contributed by atoms with Crippen molar-refractivity contribution in [3.63, 3.8) is 0 Å². The number of hydrogen-bond acceptors (Lipinski definition) is 3. The van der Waals surface area contributed by atoms with Crippen LogP contribution in [0.1, 0.15) is 23.0 Å². The molecule has 1 saturated heterocycles. The third-order valence-electron chi connectivity index (χ3n) is 5.10. The van der Waals surface area contributed by atoms with Crippen LogP contribution in [-0.2, 0) is 4.79 Å². The van der Waals surface area contributed by atoms with E-state index >= 15 is 0 Å². The van der Waals surface area contributed by atoms with Crippen LogP contribution in [-0.4, -0.2) is 57.2 Å². The van der Waals surface area contributed by atoms with Crippen molar-refractivity contribution < 1.29 is 9.59 Å². The highest BCUT2D eigenvalue weighted by atomic mass is 16.2. The number of benzene rings is 1. The molecule has 0 unspecified atom stereocenters. The number of amides is 2. The molecular formula is C21H22N4O2. The minimum absolute atomic E-state index is 0.00883. The topological polar surface area (TPSA) is 57.9 Å². The Morgan fingerprint density at radius 2 is 1.59 bits per heavy atom. The number of aryl methyl sites for hydroxylation is 1. The Hall–Kier alpha value is -3.15. The van der Waals surface area contributed by atoms with E-state index in [9.17, 15) is 9.59 Å². The number of piperazine rings is 1. The van der Waals surface area contributed by atoms with E-state index in [1.807, 2.05) is 64.9 Å². The van der Waals surface area contributed by atoms with Gasteiger partial charge in [-0.05, 0) is 19.1 Å². The number of hydrogen-bond donors (Lipinski definition) is 0. The SMILES string of the molecule is CC(=O)N1CCN(C(=O)c2ccc3nc(C)c(-c4ccccc4)n3c2)CC1. The minimum atomic E-state index is -0.00883. The molecule has 0 atom stereocenters. The van der Waals surface area contributed by atoms with Crippen molar-refractivity contribution in [2.75, 3.05) is 26.2 Å². The van der Waals surface area contributed by atoms with Gasteiger partial charge in [-0.1, -0.05) is 30.3 Å². The largest absolute Gasteiger partial charge is 0.339 e. The third kappa shape index (κ3) is 3.18.